The van der Waals surface area contributed by atoms with Crippen LogP contribution in [-0.2, 0) is 25.4 Å². The third-order valence-corrected chi connectivity index (χ3v) is 4.33. The number of fused-ring (bicyclic) bond motifs is 1. The van der Waals surface area contributed by atoms with Crippen molar-refractivity contribution in [2.24, 2.45) is 14.1 Å². The highest BCUT2D eigenvalue weighted by atomic mass is 16.2. The summed E-state index contributed by atoms with van der Waals surface area (Å²) in [6.07, 6.45) is 1.42. The van der Waals surface area contributed by atoms with Crippen LogP contribution in [0.4, 0.5) is 5.69 Å². The van der Waals surface area contributed by atoms with Gasteiger partial charge in [0.25, 0.3) is 5.56 Å². The summed E-state index contributed by atoms with van der Waals surface area (Å²) in [5, 5.41) is 0. The van der Waals surface area contributed by atoms with Gasteiger partial charge in [-0.3, -0.25) is 18.7 Å². The average Bonchev–Trinajstić information content (AvgIpc) is 3.02. The standard InChI is InChI=1S/C18H21N5O3/c1-12(2)23(13-8-6-5-7-9-13)14(24)10-22-11-19-15-16(22)20(3)18(26)21(4)17(15)25/h5-9,11-12H,10H2,1-4H3. The first kappa shape index (κ1) is 17.7. The van der Waals surface area contributed by atoms with Crippen molar-refractivity contribution in [3.8, 4) is 0 Å². The van der Waals surface area contributed by atoms with Gasteiger partial charge in [0, 0.05) is 25.8 Å². The predicted octanol–water partition coefficient (Wildman–Crippen LogP) is 0.875. The lowest BCUT2D eigenvalue weighted by molar-refractivity contribution is -0.119. The molecular weight excluding hydrogens is 334 g/mol. The molecule has 0 spiro atoms. The van der Waals surface area contributed by atoms with Crippen LogP contribution in [0.3, 0.4) is 0 Å². The number of carbonyl (C=O) groups excluding carboxylic acids is 1. The molecule has 0 fully saturated rings. The summed E-state index contributed by atoms with van der Waals surface area (Å²) >= 11 is 0. The van der Waals surface area contributed by atoms with E-state index in [1.54, 1.807) is 16.5 Å². The molecule has 3 aromatic rings. The molecule has 0 aliphatic heterocycles. The summed E-state index contributed by atoms with van der Waals surface area (Å²) in [5.41, 5.74) is 0.363. The molecule has 26 heavy (non-hydrogen) atoms. The average molecular weight is 355 g/mol. The van der Waals surface area contributed by atoms with Crippen molar-refractivity contribution in [2.45, 2.75) is 26.4 Å². The third-order valence-electron chi connectivity index (χ3n) is 4.33. The van der Waals surface area contributed by atoms with Gasteiger partial charge in [0.1, 0.15) is 12.2 Å². The first-order valence-corrected chi connectivity index (χ1v) is 8.31. The van der Waals surface area contributed by atoms with Crippen molar-refractivity contribution in [1.82, 2.24) is 18.7 Å². The van der Waals surface area contributed by atoms with Gasteiger partial charge in [-0.15, -0.1) is 0 Å². The van der Waals surface area contributed by atoms with Crippen molar-refractivity contribution in [3.05, 3.63) is 57.5 Å². The second kappa shape index (κ2) is 6.62. The third kappa shape index (κ3) is 2.83. The summed E-state index contributed by atoms with van der Waals surface area (Å²) in [7, 11) is 2.97. The zero-order valence-corrected chi connectivity index (χ0v) is 15.2. The van der Waals surface area contributed by atoms with Crippen molar-refractivity contribution in [3.63, 3.8) is 0 Å². The topological polar surface area (TPSA) is 82.1 Å². The highest BCUT2D eigenvalue weighted by molar-refractivity contribution is 5.94. The van der Waals surface area contributed by atoms with Gasteiger partial charge in [0.15, 0.2) is 5.52 Å². The predicted molar refractivity (Wildman–Crippen MR) is 99.3 cm³/mol. The molecule has 0 radical (unpaired) electrons. The van der Waals surface area contributed by atoms with Crippen LogP contribution in [0.5, 0.6) is 0 Å². The molecule has 8 nitrogen and oxygen atoms in total. The van der Waals surface area contributed by atoms with Crippen LogP contribution < -0.4 is 16.1 Å². The van der Waals surface area contributed by atoms with Gasteiger partial charge in [-0.2, -0.15) is 0 Å². The maximum atomic E-state index is 13.0. The zero-order valence-electron chi connectivity index (χ0n) is 15.2. The Labute approximate surface area is 149 Å². The smallest absolute Gasteiger partial charge is 0.308 e. The largest absolute Gasteiger partial charge is 0.332 e. The second-order valence-corrected chi connectivity index (χ2v) is 6.44. The fourth-order valence-corrected chi connectivity index (χ4v) is 3.10. The molecule has 0 aliphatic rings. The van der Waals surface area contributed by atoms with Gasteiger partial charge in [0.2, 0.25) is 5.91 Å². The molecule has 136 valence electrons. The molecule has 1 aromatic carbocycles. The zero-order chi connectivity index (χ0) is 19.0. The van der Waals surface area contributed by atoms with Crippen LogP contribution in [0.25, 0.3) is 11.2 Å². The first-order valence-electron chi connectivity index (χ1n) is 8.31. The minimum absolute atomic E-state index is 0.0238. The van der Waals surface area contributed by atoms with Gasteiger partial charge >= 0.3 is 5.69 Å². The number of hydrogen-bond acceptors (Lipinski definition) is 4. The number of imidazole rings is 1. The summed E-state index contributed by atoms with van der Waals surface area (Å²) in [6.45, 7) is 3.84. The lowest BCUT2D eigenvalue weighted by Gasteiger charge is -2.27. The van der Waals surface area contributed by atoms with Crippen molar-refractivity contribution >= 4 is 22.8 Å². The van der Waals surface area contributed by atoms with Crippen molar-refractivity contribution in [2.75, 3.05) is 4.90 Å². The maximum Gasteiger partial charge on any atom is 0.332 e. The first-order chi connectivity index (χ1) is 12.3. The van der Waals surface area contributed by atoms with E-state index in [2.05, 4.69) is 4.98 Å². The van der Waals surface area contributed by atoms with E-state index in [4.69, 9.17) is 0 Å². The number of rotatable bonds is 4. The molecule has 2 aromatic heterocycles. The number of benzene rings is 1. The van der Waals surface area contributed by atoms with Crippen molar-refractivity contribution in [1.29, 1.82) is 0 Å². The van der Waals surface area contributed by atoms with E-state index < -0.39 is 11.2 Å². The van der Waals surface area contributed by atoms with E-state index in [1.807, 2.05) is 44.2 Å². The maximum absolute atomic E-state index is 13.0. The number of para-hydroxylation sites is 1. The lowest BCUT2D eigenvalue weighted by atomic mass is 10.2. The molecule has 0 unspecified atom stereocenters. The van der Waals surface area contributed by atoms with E-state index in [9.17, 15) is 14.4 Å². The molecule has 0 bridgehead atoms. The highest BCUT2D eigenvalue weighted by Crippen LogP contribution is 2.18. The molecule has 0 saturated heterocycles. The van der Waals surface area contributed by atoms with Gasteiger partial charge in [-0.25, -0.2) is 9.78 Å². The molecule has 2 heterocycles. The van der Waals surface area contributed by atoms with Crippen LogP contribution in [-0.4, -0.2) is 30.6 Å². The van der Waals surface area contributed by atoms with Gasteiger partial charge in [-0.1, -0.05) is 18.2 Å². The van der Waals surface area contributed by atoms with E-state index in [-0.39, 0.29) is 24.0 Å². The molecule has 0 saturated carbocycles. The lowest BCUT2D eigenvalue weighted by Crippen LogP contribution is -2.40. The van der Waals surface area contributed by atoms with E-state index in [0.29, 0.717) is 5.65 Å². The Hall–Kier alpha value is -3.16. The number of aryl methyl sites for hydroxylation is 1. The molecule has 0 N–H and O–H groups in total. The molecule has 8 heteroatoms. The van der Waals surface area contributed by atoms with E-state index in [0.717, 1.165) is 10.3 Å². The second-order valence-electron chi connectivity index (χ2n) is 6.44. The number of aromatic nitrogens is 4. The fourth-order valence-electron chi connectivity index (χ4n) is 3.10. The number of carbonyl (C=O) groups is 1. The molecule has 1 amide bonds. The Morgan fingerprint density at radius 3 is 2.38 bits per heavy atom. The van der Waals surface area contributed by atoms with Gasteiger partial charge in [0.05, 0.1) is 6.33 Å². The minimum Gasteiger partial charge on any atom is -0.308 e. The Kier molecular flexibility index (Phi) is 4.50. The number of hydrogen-bond donors (Lipinski definition) is 0. The van der Waals surface area contributed by atoms with Gasteiger partial charge < -0.3 is 9.47 Å². The number of nitrogens with zero attached hydrogens (tertiary/aromatic N) is 5. The highest BCUT2D eigenvalue weighted by Gasteiger charge is 2.21. The normalized spacial score (nSPS) is 11.3. The minimum atomic E-state index is -0.474. The van der Waals surface area contributed by atoms with Crippen LogP contribution in [0, 0.1) is 0 Å². The molecule has 0 aliphatic carbocycles. The van der Waals surface area contributed by atoms with Crippen LogP contribution in [0.1, 0.15) is 13.8 Å². The SMILES string of the molecule is CC(C)N(C(=O)Cn1cnc2c(=O)n(C)c(=O)n(C)c21)c1ccccc1. The summed E-state index contributed by atoms with van der Waals surface area (Å²) < 4.78 is 3.88. The summed E-state index contributed by atoms with van der Waals surface area (Å²) in [6, 6.07) is 9.33. The van der Waals surface area contributed by atoms with Crippen LogP contribution in [0.15, 0.2) is 46.2 Å². The van der Waals surface area contributed by atoms with E-state index in [1.165, 1.54) is 17.9 Å². The van der Waals surface area contributed by atoms with E-state index >= 15 is 0 Å². The quantitative estimate of drug-likeness (QED) is 0.695. The number of anilines is 1. The van der Waals surface area contributed by atoms with Crippen LogP contribution in [0.2, 0.25) is 0 Å². The molecule has 0 atom stereocenters. The fraction of sp³-hybridized carbons (Fsp3) is 0.333. The number of amides is 1. The van der Waals surface area contributed by atoms with Crippen molar-refractivity contribution < 1.29 is 4.79 Å². The Balaban J connectivity index is 2.05. The molecule has 3 rings (SSSR count). The molecular formula is C18H21N5O3. The monoisotopic (exact) mass is 355 g/mol. The van der Waals surface area contributed by atoms with Gasteiger partial charge in [-0.05, 0) is 26.0 Å². The Morgan fingerprint density at radius 2 is 1.77 bits per heavy atom. The summed E-state index contributed by atoms with van der Waals surface area (Å²) in [4.78, 5) is 43.2. The van der Waals surface area contributed by atoms with Crippen LogP contribution >= 0.6 is 0 Å². The Bertz CT molecular complexity index is 1080. The summed E-state index contributed by atoms with van der Waals surface area (Å²) in [5.74, 6) is -0.154. The Morgan fingerprint density at radius 1 is 1.12 bits per heavy atom.